The highest BCUT2D eigenvalue weighted by atomic mass is 16.2. The summed E-state index contributed by atoms with van der Waals surface area (Å²) < 4.78 is 0. The van der Waals surface area contributed by atoms with Crippen LogP contribution in [0.3, 0.4) is 0 Å². The van der Waals surface area contributed by atoms with E-state index < -0.39 is 0 Å². The van der Waals surface area contributed by atoms with Crippen LogP contribution in [-0.2, 0) is 4.79 Å². The number of anilines is 1. The average Bonchev–Trinajstić information content (AvgIpc) is 3.21. The molecule has 1 aromatic carbocycles. The fraction of sp³-hybridized carbons (Fsp3) is 0.353. The van der Waals surface area contributed by atoms with Crippen LogP contribution in [0.15, 0.2) is 30.3 Å². The van der Waals surface area contributed by atoms with Crippen LogP contribution in [0.4, 0.5) is 5.82 Å². The molecular weight excluding hydrogens is 304 g/mol. The molecule has 0 radical (unpaired) electrons. The van der Waals surface area contributed by atoms with Crippen LogP contribution in [-0.4, -0.2) is 51.1 Å². The zero-order valence-corrected chi connectivity index (χ0v) is 13.5. The van der Waals surface area contributed by atoms with Gasteiger partial charge in [-0.15, -0.1) is 0 Å². The van der Waals surface area contributed by atoms with E-state index in [9.17, 15) is 4.79 Å². The Morgan fingerprint density at radius 3 is 2.88 bits per heavy atom. The molecule has 7 heteroatoms. The Balaban J connectivity index is 1.47. The van der Waals surface area contributed by atoms with Gasteiger partial charge in [0.05, 0.1) is 11.0 Å². The molecule has 24 heavy (non-hydrogen) atoms. The Kier molecular flexibility index (Phi) is 3.78. The van der Waals surface area contributed by atoms with Crippen LogP contribution in [0, 0.1) is 5.92 Å². The van der Waals surface area contributed by atoms with E-state index in [1.54, 1.807) is 0 Å². The smallest absolute Gasteiger partial charge is 0.228 e. The summed E-state index contributed by atoms with van der Waals surface area (Å²) in [7, 11) is 2.08. The van der Waals surface area contributed by atoms with E-state index in [2.05, 4.69) is 37.4 Å². The molecule has 1 aliphatic rings. The highest BCUT2D eigenvalue weighted by Gasteiger charge is 2.24. The SMILES string of the molecule is CN1CCC(C(=O)Nc2cc(-c3nc4ccccc4[nH]3)[nH]n2)CC1. The lowest BCUT2D eigenvalue weighted by Crippen LogP contribution is -2.35. The number of nitrogens with zero attached hydrogens (tertiary/aromatic N) is 3. The van der Waals surface area contributed by atoms with Crippen molar-refractivity contribution in [3.05, 3.63) is 30.3 Å². The first-order valence-corrected chi connectivity index (χ1v) is 8.19. The largest absolute Gasteiger partial charge is 0.337 e. The molecule has 7 nitrogen and oxygen atoms in total. The van der Waals surface area contributed by atoms with Gasteiger partial charge in [-0.3, -0.25) is 9.89 Å². The van der Waals surface area contributed by atoms with Gasteiger partial charge in [-0.2, -0.15) is 5.10 Å². The third-order valence-corrected chi connectivity index (χ3v) is 4.56. The number of nitrogens with one attached hydrogen (secondary N) is 3. The van der Waals surface area contributed by atoms with Crippen LogP contribution >= 0.6 is 0 Å². The van der Waals surface area contributed by atoms with E-state index >= 15 is 0 Å². The highest BCUT2D eigenvalue weighted by molar-refractivity contribution is 5.92. The number of likely N-dealkylation sites (tertiary alicyclic amines) is 1. The van der Waals surface area contributed by atoms with E-state index in [0.717, 1.165) is 42.7 Å². The molecule has 0 aliphatic carbocycles. The number of para-hydroxylation sites is 2. The molecule has 0 unspecified atom stereocenters. The molecule has 1 aliphatic heterocycles. The lowest BCUT2D eigenvalue weighted by molar-refractivity contribution is -0.121. The summed E-state index contributed by atoms with van der Waals surface area (Å²) in [6, 6.07) is 9.65. The summed E-state index contributed by atoms with van der Waals surface area (Å²) in [6.07, 6.45) is 1.78. The number of fused-ring (bicyclic) bond motifs is 1. The Hall–Kier alpha value is -2.67. The van der Waals surface area contributed by atoms with Crippen LogP contribution < -0.4 is 5.32 Å². The number of amides is 1. The van der Waals surface area contributed by atoms with Crippen LogP contribution in [0.1, 0.15) is 12.8 Å². The van der Waals surface area contributed by atoms with Crippen LogP contribution in [0.2, 0.25) is 0 Å². The van der Waals surface area contributed by atoms with Crippen molar-refractivity contribution in [2.24, 2.45) is 5.92 Å². The number of hydrogen-bond donors (Lipinski definition) is 3. The molecule has 4 rings (SSSR count). The first kappa shape index (κ1) is 14.9. The quantitative estimate of drug-likeness (QED) is 0.689. The Morgan fingerprint density at radius 2 is 2.08 bits per heavy atom. The number of rotatable bonds is 3. The Bertz CT molecular complexity index is 826. The summed E-state index contributed by atoms with van der Waals surface area (Å²) in [5.74, 6) is 1.36. The number of H-pyrrole nitrogens is 2. The first-order chi connectivity index (χ1) is 11.7. The number of carbonyl (C=O) groups is 1. The number of imidazole rings is 1. The van der Waals surface area contributed by atoms with Gasteiger partial charge in [0, 0.05) is 12.0 Å². The maximum Gasteiger partial charge on any atom is 0.228 e. The number of hydrogen-bond acceptors (Lipinski definition) is 4. The molecule has 3 heterocycles. The fourth-order valence-corrected chi connectivity index (χ4v) is 3.09. The monoisotopic (exact) mass is 324 g/mol. The van der Waals surface area contributed by atoms with Crippen LogP contribution in [0.5, 0.6) is 0 Å². The molecular formula is C17H20N6O. The minimum absolute atomic E-state index is 0.0470. The fourth-order valence-electron chi connectivity index (χ4n) is 3.09. The third-order valence-electron chi connectivity index (χ3n) is 4.56. The predicted molar refractivity (Wildman–Crippen MR) is 92.5 cm³/mol. The molecule has 0 atom stereocenters. The van der Waals surface area contributed by atoms with Gasteiger partial charge in [-0.1, -0.05) is 12.1 Å². The normalized spacial score (nSPS) is 16.5. The van der Waals surface area contributed by atoms with Crippen LogP contribution in [0.25, 0.3) is 22.6 Å². The van der Waals surface area contributed by atoms with Gasteiger partial charge in [-0.05, 0) is 45.1 Å². The number of piperidine rings is 1. The Morgan fingerprint density at radius 1 is 1.29 bits per heavy atom. The summed E-state index contributed by atoms with van der Waals surface area (Å²) in [5, 5.41) is 10.0. The van der Waals surface area contributed by atoms with Gasteiger partial charge in [0.2, 0.25) is 5.91 Å². The molecule has 1 amide bonds. The van der Waals surface area contributed by atoms with Crippen molar-refractivity contribution in [2.45, 2.75) is 12.8 Å². The van der Waals surface area contributed by atoms with Crippen molar-refractivity contribution in [2.75, 3.05) is 25.5 Å². The zero-order chi connectivity index (χ0) is 16.5. The van der Waals surface area contributed by atoms with Crippen molar-refractivity contribution < 1.29 is 4.79 Å². The van der Waals surface area contributed by atoms with Crippen molar-refractivity contribution in [1.29, 1.82) is 0 Å². The standard InChI is InChI=1S/C17H20N6O/c1-23-8-6-11(7-9-23)17(24)20-15-10-14(21-22-15)16-18-12-4-2-3-5-13(12)19-16/h2-5,10-11H,6-9H2,1H3,(H,18,19)(H2,20,21,22,24). The van der Waals surface area contributed by atoms with Gasteiger partial charge in [-0.25, -0.2) is 4.98 Å². The van der Waals surface area contributed by atoms with E-state index in [-0.39, 0.29) is 11.8 Å². The Labute approximate surface area is 139 Å². The molecule has 124 valence electrons. The lowest BCUT2D eigenvalue weighted by atomic mass is 9.96. The average molecular weight is 324 g/mol. The number of benzene rings is 1. The molecule has 0 saturated carbocycles. The van der Waals surface area contributed by atoms with Gasteiger partial charge in [0.25, 0.3) is 0 Å². The van der Waals surface area contributed by atoms with Gasteiger partial charge < -0.3 is 15.2 Å². The second-order valence-electron chi connectivity index (χ2n) is 6.34. The molecule has 1 fully saturated rings. The van der Waals surface area contributed by atoms with Gasteiger partial charge >= 0.3 is 0 Å². The van der Waals surface area contributed by atoms with Crippen molar-refractivity contribution in [3.63, 3.8) is 0 Å². The van der Waals surface area contributed by atoms with Crippen molar-refractivity contribution in [1.82, 2.24) is 25.1 Å². The predicted octanol–water partition coefficient (Wildman–Crippen LogP) is 2.23. The minimum atomic E-state index is 0.0470. The molecule has 0 bridgehead atoms. The number of aromatic nitrogens is 4. The van der Waals surface area contributed by atoms with Crippen molar-refractivity contribution in [3.8, 4) is 11.5 Å². The van der Waals surface area contributed by atoms with E-state index in [0.29, 0.717) is 11.6 Å². The van der Waals surface area contributed by atoms with E-state index in [1.807, 2.05) is 30.3 Å². The number of aromatic amines is 2. The summed E-state index contributed by atoms with van der Waals surface area (Å²) in [4.78, 5) is 22.4. The van der Waals surface area contributed by atoms with Crippen molar-refractivity contribution >= 4 is 22.8 Å². The summed E-state index contributed by atoms with van der Waals surface area (Å²) in [5.41, 5.74) is 2.63. The minimum Gasteiger partial charge on any atom is -0.337 e. The van der Waals surface area contributed by atoms with Gasteiger partial charge in [0.1, 0.15) is 5.69 Å². The first-order valence-electron chi connectivity index (χ1n) is 8.19. The second-order valence-corrected chi connectivity index (χ2v) is 6.34. The maximum absolute atomic E-state index is 12.4. The summed E-state index contributed by atoms with van der Waals surface area (Å²) >= 11 is 0. The summed E-state index contributed by atoms with van der Waals surface area (Å²) in [6.45, 7) is 1.92. The third kappa shape index (κ3) is 2.90. The topological polar surface area (TPSA) is 89.7 Å². The lowest BCUT2D eigenvalue weighted by Gasteiger charge is -2.27. The number of carbonyl (C=O) groups excluding carboxylic acids is 1. The van der Waals surface area contributed by atoms with Gasteiger partial charge in [0.15, 0.2) is 11.6 Å². The molecule has 2 aromatic heterocycles. The van der Waals surface area contributed by atoms with E-state index in [1.165, 1.54) is 0 Å². The second kappa shape index (κ2) is 6.09. The van der Waals surface area contributed by atoms with E-state index in [4.69, 9.17) is 0 Å². The maximum atomic E-state index is 12.4. The molecule has 3 aromatic rings. The molecule has 0 spiro atoms. The molecule has 3 N–H and O–H groups in total. The molecule has 1 saturated heterocycles. The highest BCUT2D eigenvalue weighted by Crippen LogP contribution is 2.22. The zero-order valence-electron chi connectivity index (χ0n) is 13.5.